The second kappa shape index (κ2) is 36.3. The highest BCUT2D eigenvalue weighted by Gasteiger charge is 1.85. The topological polar surface area (TPSA) is 0 Å². The highest BCUT2D eigenvalue weighted by Crippen LogP contribution is 2.11. The molecule has 0 aliphatic carbocycles. The summed E-state index contributed by atoms with van der Waals surface area (Å²) in [4.78, 5) is 0. The molecule has 0 atom stereocenters. The molecule has 0 aliphatic rings. The van der Waals surface area contributed by atoms with Crippen LogP contribution in [0.5, 0.6) is 0 Å². The quantitative estimate of drug-likeness (QED) is 0.456. The monoisotopic (exact) mass is 294 g/mol. The summed E-state index contributed by atoms with van der Waals surface area (Å²) in [6, 6.07) is 16.7. The molecule has 2 aromatic carbocycles. The third-order valence-electron chi connectivity index (χ3n) is 1.66. The molecule has 0 bridgehead atoms. The Morgan fingerprint density at radius 2 is 0.524 bits per heavy atom. The van der Waals surface area contributed by atoms with Crippen molar-refractivity contribution < 1.29 is 0 Å². The molecule has 126 valence electrons. The van der Waals surface area contributed by atoms with Crippen LogP contribution < -0.4 is 0 Å². The maximum atomic E-state index is 2.12. The standard InChI is InChI=1S/C10H8.5C2H6.CH4/c1-2-6-10-8-4-3-7-9(10)5-1;5*1-2;/h1-8H;5*1-2H3;1H4. The van der Waals surface area contributed by atoms with Gasteiger partial charge < -0.3 is 0 Å². The van der Waals surface area contributed by atoms with Gasteiger partial charge >= 0.3 is 0 Å². The average molecular weight is 295 g/mol. The Labute approximate surface area is 136 Å². The molecule has 0 saturated carbocycles. The van der Waals surface area contributed by atoms with E-state index in [9.17, 15) is 0 Å². The van der Waals surface area contributed by atoms with Gasteiger partial charge in [-0.05, 0) is 10.8 Å². The second-order valence-electron chi connectivity index (χ2n) is 2.35. The zero-order valence-corrected chi connectivity index (χ0v) is 15.6. The molecule has 0 N–H and O–H groups in total. The van der Waals surface area contributed by atoms with Crippen molar-refractivity contribution in [3.8, 4) is 0 Å². The van der Waals surface area contributed by atoms with Crippen LogP contribution in [-0.4, -0.2) is 0 Å². The van der Waals surface area contributed by atoms with Crippen molar-refractivity contribution in [2.24, 2.45) is 0 Å². The summed E-state index contributed by atoms with van der Waals surface area (Å²) in [6.45, 7) is 20.0. The summed E-state index contributed by atoms with van der Waals surface area (Å²) in [5.41, 5.74) is 0. The largest absolute Gasteiger partial charge is 0.0776 e. The molecule has 0 heteroatoms. The Morgan fingerprint density at radius 3 is 0.667 bits per heavy atom. The van der Waals surface area contributed by atoms with Gasteiger partial charge in [0.1, 0.15) is 0 Å². The van der Waals surface area contributed by atoms with Gasteiger partial charge in [-0.3, -0.25) is 0 Å². The fourth-order valence-electron chi connectivity index (χ4n) is 1.13. The van der Waals surface area contributed by atoms with Gasteiger partial charge in [0.2, 0.25) is 0 Å². The van der Waals surface area contributed by atoms with Crippen molar-refractivity contribution in [1.82, 2.24) is 0 Å². The summed E-state index contributed by atoms with van der Waals surface area (Å²) in [7, 11) is 0. The number of rotatable bonds is 0. The highest BCUT2D eigenvalue weighted by atomic mass is 13.9. The Hall–Kier alpha value is -1.30. The van der Waals surface area contributed by atoms with E-state index in [0.29, 0.717) is 0 Å². The van der Waals surface area contributed by atoms with E-state index < -0.39 is 0 Å². The molecule has 2 rings (SSSR count). The summed E-state index contributed by atoms with van der Waals surface area (Å²) in [5, 5.41) is 2.62. The van der Waals surface area contributed by atoms with Crippen LogP contribution in [0.1, 0.15) is 76.7 Å². The lowest BCUT2D eigenvalue weighted by Gasteiger charge is -1.92. The third-order valence-corrected chi connectivity index (χ3v) is 1.66. The molecule has 0 aliphatic heterocycles. The van der Waals surface area contributed by atoms with Gasteiger partial charge in [-0.1, -0.05) is 125 Å². The van der Waals surface area contributed by atoms with Gasteiger partial charge in [0.05, 0.1) is 0 Å². The van der Waals surface area contributed by atoms with E-state index in [-0.39, 0.29) is 7.43 Å². The predicted octanol–water partition coefficient (Wildman–Crippen LogP) is 8.61. The minimum atomic E-state index is 0. The van der Waals surface area contributed by atoms with Crippen LogP contribution in [-0.2, 0) is 0 Å². The van der Waals surface area contributed by atoms with Crippen molar-refractivity contribution in [3.05, 3.63) is 48.5 Å². The number of hydrogen-bond donors (Lipinski definition) is 0. The summed E-state index contributed by atoms with van der Waals surface area (Å²) < 4.78 is 0. The van der Waals surface area contributed by atoms with E-state index >= 15 is 0 Å². The van der Waals surface area contributed by atoms with E-state index in [2.05, 4.69) is 48.5 Å². The Balaban J connectivity index is -0.0000000674. The first-order valence-corrected chi connectivity index (χ1v) is 8.40. The molecular formula is C21H42. The smallest absolute Gasteiger partial charge is 0.0184 e. The van der Waals surface area contributed by atoms with Crippen LogP contribution in [0, 0.1) is 0 Å². The van der Waals surface area contributed by atoms with Crippen molar-refractivity contribution in [2.75, 3.05) is 0 Å². The zero-order valence-electron chi connectivity index (χ0n) is 15.6. The molecule has 0 nitrogen and oxygen atoms in total. The van der Waals surface area contributed by atoms with Crippen molar-refractivity contribution in [3.63, 3.8) is 0 Å². The summed E-state index contributed by atoms with van der Waals surface area (Å²) in [5.74, 6) is 0. The van der Waals surface area contributed by atoms with Gasteiger partial charge in [-0.2, -0.15) is 0 Å². The lowest BCUT2D eigenvalue weighted by atomic mass is 10.1. The number of benzene rings is 2. The summed E-state index contributed by atoms with van der Waals surface area (Å²) >= 11 is 0. The molecule has 0 aromatic heterocycles. The first-order chi connectivity index (χ1) is 9.97. The van der Waals surface area contributed by atoms with E-state index in [4.69, 9.17) is 0 Å². The Kier molecular flexibility index (Phi) is 55.1. The van der Waals surface area contributed by atoms with Gasteiger partial charge in [-0.25, -0.2) is 0 Å². The van der Waals surface area contributed by atoms with Gasteiger partial charge in [0.15, 0.2) is 0 Å². The number of hydrogen-bond acceptors (Lipinski definition) is 0. The molecule has 21 heavy (non-hydrogen) atoms. The highest BCUT2D eigenvalue weighted by molar-refractivity contribution is 5.81. The normalized spacial score (nSPS) is 6.19. The molecule has 0 saturated heterocycles. The van der Waals surface area contributed by atoms with Crippen LogP contribution in [0.15, 0.2) is 48.5 Å². The second-order valence-corrected chi connectivity index (χ2v) is 2.35. The van der Waals surface area contributed by atoms with Crippen molar-refractivity contribution >= 4 is 10.8 Å². The summed E-state index contributed by atoms with van der Waals surface area (Å²) in [6.07, 6.45) is 0. The fourth-order valence-corrected chi connectivity index (χ4v) is 1.13. The van der Waals surface area contributed by atoms with E-state index in [1.807, 2.05) is 69.2 Å². The van der Waals surface area contributed by atoms with Gasteiger partial charge in [0.25, 0.3) is 0 Å². The molecule has 0 unspecified atom stereocenters. The zero-order chi connectivity index (χ0) is 16.8. The first-order valence-electron chi connectivity index (χ1n) is 8.40. The Bertz CT molecular complexity index is 271. The average Bonchev–Trinajstić information content (AvgIpc) is 2.64. The third kappa shape index (κ3) is 18.7. The Morgan fingerprint density at radius 1 is 0.381 bits per heavy atom. The molecular weight excluding hydrogens is 252 g/mol. The van der Waals surface area contributed by atoms with E-state index in [1.165, 1.54) is 10.8 Å². The van der Waals surface area contributed by atoms with Crippen LogP contribution in [0.25, 0.3) is 10.8 Å². The van der Waals surface area contributed by atoms with Crippen molar-refractivity contribution in [2.45, 2.75) is 76.7 Å². The van der Waals surface area contributed by atoms with Crippen LogP contribution in [0.3, 0.4) is 0 Å². The molecule has 0 heterocycles. The van der Waals surface area contributed by atoms with Crippen molar-refractivity contribution in [1.29, 1.82) is 0 Å². The first kappa shape index (κ1) is 31.9. The maximum Gasteiger partial charge on any atom is -0.0184 e. The molecule has 2 aromatic rings. The van der Waals surface area contributed by atoms with Crippen LogP contribution in [0.4, 0.5) is 0 Å². The minimum Gasteiger partial charge on any atom is -0.0776 e. The van der Waals surface area contributed by atoms with Crippen LogP contribution in [0.2, 0.25) is 0 Å². The fraction of sp³-hybridized carbons (Fsp3) is 0.524. The van der Waals surface area contributed by atoms with Gasteiger partial charge in [0, 0.05) is 0 Å². The molecule has 0 spiro atoms. The SMILES string of the molecule is C.CC.CC.CC.CC.CC.c1ccc2ccccc2c1. The number of fused-ring (bicyclic) bond motifs is 1. The maximum absolute atomic E-state index is 2.12. The van der Waals surface area contributed by atoms with E-state index in [1.54, 1.807) is 0 Å². The molecule has 0 radical (unpaired) electrons. The predicted molar refractivity (Wildman–Crippen MR) is 107 cm³/mol. The minimum absolute atomic E-state index is 0. The van der Waals surface area contributed by atoms with Gasteiger partial charge in [-0.15, -0.1) is 0 Å². The lowest BCUT2D eigenvalue weighted by Crippen LogP contribution is -1.67. The van der Waals surface area contributed by atoms with E-state index in [0.717, 1.165) is 0 Å². The molecule has 0 amide bonds. The van der Waals surface area contributed by atoms with Crippen LogP contribution >= 0.6 is 0 Å². The molecule has 0 fully saturated rings. The lowest BCUT2D eigenvalue weighted by molar-refractivity contribution is 1.50.